The molecule has 0 bridgehead atoms. The lowest BCUT2D eigenvalue weighted by atomic mass is 10.1. The highest BCUT2D eigenvalue weighted by molar-refractivity contribution is 6.33. The van der Waals surface area contributed by atoms with Crippen molar-refractivity contribution in [1.82, 2.24) is 4.90 Å². The van der Waals surface area contributed by atoms with Gasteiger partial charge in [0.2, 0.25) is 0 Å². The summed E-state index contributed by atoms with van der Waals surface area (Å²) >= 11 is 6.23. The van der Waals surface area contributed by atoms with E-state index in [-0.39, 0.29) is 5.91 Å². The summed E-state index contributed by atoms with van der Waals surface area (Å²) < 4.78 is 5.82. The molecule has 1 aliphatic rings. The highest BCUT2D eigenvalue weighted by Crippen LogP contribution is 2.30. The number of nitrogens with zero attached hydrogens (tertiary/aromatic N) is 2. The van der Waals surface area contributed by atoms with Gasteiger partial charge < -0.3 is 14.2 Å². The van der Waals surface area contributed by atoms with E-state index in [2.05, 4.69) is 36.9 Å². The van der Waals surface area contributed by atoms with Gasteiger partial charge in [-0.25, -0.2) is 0 Å². The molecule has 1 aliphatic heterocycles. The number of benzene rings is 2. The van der Waals surface area contributed by atoms with Crippen LogP contribution in [0, 0.1) is 13.8 Å². The standard InChI is InChI=1S/C23H23ClN2O2/c1-16-6-5-9-20(17(16)2)25-12-14-26(15-13-25)23(27)22-11-10-21(28-22)18-7-3-4-8-19(18)24/h3-11H,12-15H2,1-2H3. The Hall–Kier alpha value is -2.72. The predicted molar refractivity (Wildman–Crippen MR) is 113 cm³/mol. The van der Waals surface area contributed by atoms with E-state index >= 15 is 0 Å². The Balaban J connectivity index is 1.45. The second-order valence-corrected chi connectivity index (χ2v) is 7.55. The Morgan fingerprint density at radius 2 is 1.68 bits per heavy atom. The minimum absolute atomic E-state index is 0.0704. The van der Waals surface area contributed by atoms with Gasteiger partial charge in [-0.05, 0) is 55.3 Å². The quantitative estimate of drug-likeness (QED) is 0.614. The average molecular weight is 395 g/mol. The van der Waals surface area contributed by atoms with E-state index < -0.39 is 0 Å². The SMILES string of the molecule is Cc1cccc(N2CCN(C(=O)c3ccc(-c4ccccc4Cl)o3)CC2)c1C. The first-order chi connectivity index (χ1) is 13.5. The van der Waals surface area contributed by atoms with Crippen molar-refractivity contribution in [3.05, 3.63) is 76.5 Å². The zero-order valence-electron chi connectivity index (χ0n) is 16.1. The zero-order valence-corrected chi connectivity index (χ0v) is 16.9. The van der Waals surface area contributed by atoms with Crippen LogP contribution in [-0.2, 0) is 0 Å². The van der Waals surface area contributed by atoms with Gasteiger partial charge in [0.25, 0.3) is 5.91 Å². The van der Waals surface area contributed by atoms with Gasteiger partial charge in [-0.1, -0.05) is 35.9 Å². The second-order valence-electron chi connectivity index (χ2n) is 7.14. The molecule has 144 valence electrons. The highest BCUT2D eigenvalue weighted by atomic mass is 35.5. The van der Waals surface area contributed by atoms with Crippen LogP contribution in [0.15, 0.2) is 59.0 Å². The summed E-state index contributed by atoms with van der Waals surface area (Å²) in [6.07, 6.45) is 0. The Labute approximate surface area is 170 Å². The van der Waals surface area contributed by atoms with Crippen molar-refractivity contribution in [2.75, 3.05) is 31.1 Å². The summed E-state index contributed by atoms with van der Waals surface area (Å²) in [7, 11) is 0. The van der Waals surface area contributed by atoms with Crippen LogP contribution in [0.25, 0.3) is 11.3 Å². The Morgan fingerprint density at radius 3 is 2.43 bits per heavy atom. The summed E-state index contributed by atoms with van der Waals surface area (Å²) in [5, 5.41) is 0.609. The molecule has 2 aromatic carbocycles. The van der Waals surface area contributed by atoms with Crippen LogP contribution >= 0.6 is 11.6 Å². The molecule has 0 radical (unpaired) electrons. The molecule has 1 saturated heterocycles. The minimum Gasteiger partial charge on any atom is -0.451 e. The molecule has 0 atom stereocenters. The van der Waals surface area contributed by atoms with Crippen molar-refractivity contribution in [2.45, 2.75) is 13.8 Å². The fourth-order valence-electron chi connectivity index (χ4n) is 3.64. The summed E-state index contributed by atoms with van der Waals surface area (Å²) in [6, 6.07) is 17.4. The van der Waals surface area contributed by atoms with E-state index in [0.717, 1.165) is 18.7 Å². The van der Waals surface area contributed by atoms with Crippen molar-refractivity contribution in [3.8, 4) is 11.3 Å². The molecule has 5 heteroatoms. The van der Waals surface area contributed by atoms with E-state index in [1.165, 1.54) is 16.8 Å². The summed E-state index contributed by atoms with van der Waals surface area (Å²) in [5.74, 6) is 0.900. The van der Waals surface area contributed by atoms with Gasteiger partial charge in [-0.15, -0.1) is 0 Å². The molecular weight excluding hydrogens is 372 g/mol. The number of aryl methyl sites for hydroxylation is 1. The van der Waals surface area contributed by atoms with Gasteiger partial charge in [-0.2, -0.15) is 0 Å². The minimum atomic E-state index is -0.0704. The van der Waals surface area contributed by atoms with Crippen molar-refractivity contribution < 1.29 is 9.21 Å². The van der Waals surface area contributed by atoms with E-state index in [1.807, 2.05) is 29.2 Å². The van der Waals surface area contributed by atoms with E-state index in [9.17, 15) is 4.79 Å². The third-order valence-electron chi connectivity index (χ3n) is 5.44. The van der Waals surface area contributed by atoms with E-state index in [4.69, 9.17) is 16.0 Å². The lowest BCUT2D eigenvalue weighted by molar-refractivity contribution is 0.0715. The van der Waals surface area contributed by atoms with Crippen LogP contribution in [0.5, 0.6) is 0 Å². The summed E-state index contributed by atoms with van der Waals surface area (Å²) in [6.45, 7) is 7.26. The van der Waals surface area contributed by atoms with Gasteiger partial charge in [0.1, 0.15) is 5.76 Å². The highest BCUT2D eigenvalue weighted by Gasteiger charge is 2.25. The number of rotatable bonds is 3. The molecule has 1 fully saturated rings. The first-order valence-electron chi connectivity index (χ1n) is 9.50. The fourth-order valence-corrected chi connectivity index (χ4v) is 3.87. The maximum atomic E-state index is 12.9. The van der Waals surface area contributed by atoms with Crippen molar-refractivity contribution >= 4 is 23.2 Å². The number of anilines is 1. The van der Waals surface area contributed by atoms with E-state index in [0.29, 0.717) is 29.6 Å². The molecule has 0 unspecified atom stereocenters. The predicted octanol–water partition coefficient (Wildman–Crippen LogP) is 5.18. The van der Waals surface area contributed by atoms with Crippen LogP contribution in [0.4, 0.5) is 5.69 Å². The maximum absolute atomic E-state index is 12.9. The Bertz CT molecular complexity index is 1000. The van der Waals surface area contributed by atoms with Crippen LogP contribution in [0.2, 0.25) is 5.02 Å². The van der Waals surface area contributed by atoms with Crippen molar-refractivity contribution in [3.63, 3.8) is 0 Å². The van der Waals surface area contributed by atoms with Gasteiger partial charge >= 0.3 is 0 Å². The first-order valence-corrected chi connectivity index (χ1v) is 9.87. The van der Waals surface area contributed by atoms with Crippen LogP contribution in [-0.4, -0.2) is 37.0 Å². The zero-order chi connectivity index (χ0) is 19.7. The maximum Gasteiger partial charge on any atom is 0.289 e. The molecule has 4 rings (SSSR count). The molecule has 1 aromatic heterocycles. The number of hydrogen-bond acceptors (Lipinski definition) is 3. The molecule has 0 spiro atoms. The van der Waals surface area contributed by atoms with Gasteiger partial charge in [0, 0.05) is 37.4 Å². The van der Waals surface area contributed by atoms with Gasteiger partial charge in [-0.3, -0.25) is 4.79 Å². The monoisotopic (exact) mass is 394 g/mol. The van der Waals surface area contributed by atoms with Crippen LogP contribution in [0.3, 0.4) is 0 Å². The lowest BCUT2D eigenvalue weighted by Gasteiger charge is -2.36. The molecule has 2 heterocycles. The smallest absolute Gasteiger partial charge is 0.289 e. The Kier molecular flexibility index (Phi) is 5.14. The van der Waals surface area contributed by atoms with Gasteiger partial charge in [0.05, 0.1) is 5.02 Å². The molecule has 3 aromatic rings. The van der Waals surface area contributed by atoms with Gasteiger partial charge in [0.15, 0.2) is 5.76 Å². The summed E-state index contributed by atoms with van der Waals surface area (Å²) in [5.41, 5.74) is 4.64. The number of hydrogen-bond donors (Lipinski definition) is 0. The van der Waals surface area contributed by atoms with Crippen molar-refractivity contribution in [1.29, 1.82) is 0 Å². The number of halogens is 1. The second kappa shape index (κ2) is 7.72. The third kappa shape index (κ3) is 3.52. The number of piperazine rings is 1. The fraction of sp³-hybridized carbons (Fsp3) is 0.261. The number of carbonyl (C=O) groups is 1. The topological polar surface area (TPSA) is 36.7 Å². The molecule has 4 nitrogen and oxygen atoms in total. The molecule has 0 N–H and O–H groups in total. The third-order valence-corrected chi connectivity index (χ3v) is 5.77. The average Bonchev–Trinajstić information content (AvgIpc) is 3.20. The van der Waals surface area contributed by atoms with Crippen molar-refractivity contribution in [2.24, 2.45) is 0 Å². The Morgan fingerprint density at radius 1 is 0.929 bits per heavy atom. The normalized spacial score (nSPS) is 14.4. The lowest BCUT2D eigenvalue weighted by Crippen LogP contribution is -2.49. The largest absolute Gasteiger partial charge is 0.451 e. The van der Waals surface area contributed by atoms with Crippen LogP contribution < -0.4 is 4.90 Å². The number of amides is 1. The van der Waals surface area contributed by atoms with Crippen LogP contribution in [0.1, 0.15) is 21.7 Å². The number of carbonyl (C=O) groups excluding carboxylic acids is 1. The van der Waals surface area contributed by atoms with E-state index in [1.54, 1.807) is 12.1 Å². The molecular formula is C23H23ClN2O2. The molecule has 28 heavy (non-hydrogen) atoms. The number of furan rings is 1. The molecule has 1 amide bonds. The molecule has 0 aliphatic carbocycles. The summed E-state index contributed by atoms with van der Waals surface area (Å²) in [4.78, 5) is 17.1. The molecule has 0 saturated carbocycles. The first kappa shape index (κ1) is 18.6.